The van der Waals surface area contributed by atoms with Crippen LogP contribution in [0.5, 0.6) is 0 Å². The average Bonchev–Trinajstić information content (AvgIpc) is 2.55. The van der Waals surface area contributed by atoms with Gasteiger partial charge in [0.2, 0.25) is 0 Å². The van der Waals surface area contributed by atoms with Crippen molar-refractivity contribution in [1.82, 2.24) is 9.97 Å². The van der Waals surface area contributed by atoms with Crippen LogP contribution in [-0.2, 0) is 0 Å². The molecule has 1 fully saturated rings. The number of imidazole rings is 1. The largest absolute Gasteiger partial charge is 0.369 e. The molecule has 2 heterocycles. The molecule has 96 valence electrons. The highest BCUT2D eigenvalue weighted by molar-refractivity contribution is 7.71. The van der Waals surface area contributed by atoms with Crippen LogP contribution in [0.3, 0.4) is 0 Å². The van der Waals surface area contributed by atoms with Gasteiger partial charge in [-0.15, -0.1) is 0 Å². The third kappa shape index (κ3) is 2.14. The number of nitrogens with one attached hydrogen (secondary N) is 2. The maximum atomic E-state index is 14.1. The quantitative estimate of drug-likeness (QED) is 0.770. The zero-order chi connectivity index (χ0) is 12.5. The zero-order valence-electron chi connectivity index (χ0n) is 10.1. The van der Waals surface area contributed by atoms with Crippen molar-refractivity contribution in [1.29, 1.82) is 0 Å². The summed E-state index contributed by atoms with van der Waals surface area (Å²) in [5.74, 6) is -0.172. The first kappa shape index (κ1) is 11.7. The van der Waals surface area contributed by atoms with Crippen molar-refractivity contribution in [3.05, 3.63) is 22.7 Å². The van der Waals surface area contributed by atoms with E-state index in [1.165, 1.54) is 18.9 Å². The smallest absolute Gasteiger partial charge is 0.175 e. The fourth-order valence-electron chi connectivity index (χ4n) is 2.60. The van der Waals surface area contributed by atoms with Gasteiger partial charge in [-0.05, 0) is 31.1 Å². The van der Waals surface area contributed by atoms with Crippen molar-refractivity contribution in [3.63, 3.8) is 0 Å². The Morgan fingerprint density at radius 1 is 1.00 bits per heavy atom. The maximum absolute atomic E-state index is 14.1. The van der Waals surface area contributed by atoms with E-state index in [1.54, 1.807) is 0 Å². The van der Waals surface area contributed by atoms with Crippen LogP contribution < -0.4 is 4.90 Å². The average molecular weight is 265 g/mol. The summed E-state index contributed by atoms with van der Waals surface area (Å²) < 4.78 is 14.7. The van der Waals surface area contributed by atoms with Crippen molar-refractivity contribution >= 4 is 28.9 Å². The minimum Gasteiger partial charge on any atom is -0.369 e. The number of H-pyrrole nitrogens is 2. The van der Waals surface area contributed by atoms with Crippen LogP contribution in [0.2, 0.25) is 0 Å². The van der Waals surface area contributed by atoms with Gasteiger partial charge in [-0.1, -0.05) is 12.8 Å². The summed E-state index contributed by atoms with van der Waals surface area (Å²) in [7, 11) is 0. The lowest BCUT2D eigenvalue weighted by molar-refractivity contribution is 0.618. The molecule has 5 heteroatoms. The van der Waals surface area contributed by atoms with Crippen LogP contribution in [0.25, 0.3) is 11.0 Å². The summed E-state index contributed by atoms with van der Waals surface area (Å²) in [6, 6.07) is 3.39. The van der Waals surface area contributed by atoms with E-state index in [4.69, 9.17) is 12.2 Å². The Balaban J connectivity index is 2.04. The van der Waals surface area contributed by atoms with Crippen molar-refractivity contribution in [2.24, 2.45) is 0 Å². The van der Waals surface area contributed by atoms with Crippen molar-refractivity contribution in [2.75, 3.05) is 18.0 Å². The lowest BCUT2D eigenvalue weighted by Gasteiger charge is -2.23. The molecule has 2 N–H and O–H groups in total. The fourth-order valence-corrected chi connectivity index (χ4v) is 2.82. The van der Waals surface area contributed by atoms with Gasteiger partial charge in [-0.3, -0.25) is 0 Å². The SMILES string of the molecule is Fc1cc2[nH]c(=S)[nH]c2cc1N1CCCCCC1. The monoisotopic (exact) mass is 265 g/mol. The van der Waals surface area contributed by atoms with Gasteiger partial charge in [0.1, 0.15) is 5.82 Å². The van der Waals surface area contributed by atoms with Gasteiger partial charge in [0.15, 0.2) is 4.77 Å². The highest BCUT2D eigenvalue weighted by Gasteiger charge is 2.15. The molecule has 3 nitrogen and oxygen atoms in total. The highest BCUT2D eigenvalue weighted by Crippen LogP contribution is 2.26. The molecule has 0 saturated carbocycles. The molecule has 1 aliphatic rings. The van der Waals surface area contributed by atoms with Gasteiger partial charge in [-0.25, -0.2) is 4.39 Å². The number of halogens is 1. The molecule has 1 aliphatic heterocycles. The van der Waals surface area contributed by atoms with E-state index in [0.29, 0.717) is 10.5 Å². The molecule has 0 aliphatic carbocycles. The Morgan fingerprint density at radius 2 is 1.61 bits per heavy atom. The van der Waals surface area contributed by atoms with Crippen LogP contribution >= 0.6 is 12.2 Å². The molecule has 1 aromatic carbocycles. The van der Waals surface area contributed by atoms with Crippen LogP contribution in [0, 0.1) is 10.6 Å². The standard InChI is InChI=1S/C13H16FN3S/c14-9-7-10-11(16-13(18)15-10)8-12(9)17-5-3-1-2-4-6-17/h7-8H,1-6H2,(H2,15,16,18). The Labute approximate surface area is 110 Å². The Kier molecular flexibility index (Phi) is 3.07. The van der Waals surface area contributed by atoms with Crippen molar-refractivity contribution in [3.8, 4) is 0 Å². The van der Waals surface area contributed by atoms with Gasteiger partial charge in [-0.2, -0.15) is 0 Å². The summed E-state index contributed by atoms with van der Waals surface area (Å²) in [5, 5.41) is 0. The van der Waals surface area contributed by atoms with Gasteiger partial charge < -0.3 is 14.9 Å². The van der Waals surface area contributed by atoms with Crippen molar-refractivity contribution in [2.45, 2.75) is 25.7 Å². The van der Waals surface area contributed by atoms with E-state index in [1.807, 2.05) is 6.07 Å². The number of hydrogen-bond acceptors (Lipinski definition) is 2. The molecule has 0 spiro atoms. The molecular formula is C13H16FN3S. The number of fused-ring (bicyclic) bond motifs is 1. The molecule has 0 unspecified atom stereocenters. The molecule has 18 heavy (non-hydrogen) atoms. The highest BCUT2D eigenvalue weighted by atomic mass is 32.1. The number of aromatic amines is 2. The summed E-state index contributed by atoms with van der Waals surface area (Å²) in [4.78, 5) is 8.13. The van der Waals surface area contributed by atoms with E-state index < -0.39 is 0 Å². The molecule has 0 atom stereocenters. The zero-order valence-corrected chi connectivity index (χ0v) is 10.9. The van der Waals surface area contributed by atoms with E-state index in [0.717, 1.165) is 37.0 Å². The Hall–Kier alpha value is -1.36. The van der Waals surface area contributed by atoms with Gasteiger partial charge in [0, 0.05) is 19.2 Å². The number of anilines is 1. The number of hydrogen-bond donors (Lipinski definition) is 2. The first-order valence-corrected chi connectivity index (χ1v) is 6.81. The maximum Gasteiger partial charge on any atom is 0.175 e. The molecule has 3 rings (SSSR count). The molecule has 0 amide bonds. The first-order chi connectivity index (χ1) is 8.74. The first-order valence-electron chi connectivity index (χ1n) is 6.40. The van der Waals surface area contributed by atoms with Crippen LogP contribution in [-0.4, -0.2) is 23.1 Å². The predicted molar refractivity (Wildman–Crippen MR) is 74.1 cm³/mol. The lowest BCUT2D eigenvalue weighted by atomic mass is 10.2. The Morgan fingerprint density at radius 3 is 2.28 bits per heavy atom. The molecule has 0 radical (unpaired) electrons. The van der Waals surface area contributed by atoms with E-state index >= 15 is 0 Å². The lowest BCUT2D eigenvalue weighted by Crippen LogP contribution is -2.24. The van der Waals surface area contributed by atoms with E-state index in [9.17, 15) is 4.39 Å². The van der Waals surface area contributed by atoms with Crippen LogP contribution in [0.4, 0.5) is 10.1 Å². The van der Waals surface area contributed by atoms with Crippen LogP contribution in [0.15, 0.2) is 12.1 Å². The summed E-state index contributed by atoms with van der Waals surface area (Å²) >= 11 is 5.03. The molecule has 0 bridgehead atoms. The summed E-state index contributed by atoms with van der Waals surface area (Å²) in [6.07, 6.45) is 4.77. The molecule has 1 aromatic heterocycles. The third-order valence-electron chi connectivity index (χ3n) is 3.53. The van der Waals surface area contributed by atoms with Gasteiger partial charge in [0.25, 0.3) is 0 Å². The summed E-state index contributed by atoms with van der Waals surface area (Å²) in [5.41, 5.74) is 2.30. The molecule has 1 saturated heterocycles. The number of aromatic nitrogens is 2. The minimum atomic E-state index is -0.172. The third-order valence-corrected chi connectivity index (χ3v) is 3.73. The second kappa shape index (κ2) is 4.72. The normalized spacial score (nSPS) is 17.1. The van der Waals surface area contributed by atoms with E-state index in [2.05, 4.69) is 14.9 Å². The number of benzene rings is 1. The van der Waals surface area contributed by atoms with Gasteiger partial charge >= 0.3 is 0 Å². The van der Waals surface area contributed by atoms with Crippen LogP contribution in [0.1, 0.15) is 25.7 Å². The fraction of sp³-hybridized carbons (Fsp3) is 0.462. The molecular weight excluding hydrogens is 249 g/mol. The van der Waals surface area contributed by atoms with Crippen molar-refractivity contribution < 1.29 is 4.39 Å². The predicted octanol–water partition coefficient (Wildman–Crippen LogP) is 3.74. The van der Waals surface area contributed by atoms with Gasteiger partial charge in [0.05, 0.1) is 16.7 Å². The minimum absolute atomic E-state index is 0.172. The second-order valence-electron chi connectivity index (χ2n) is 4.83. The summed E-state index contributed by atoms with van der Waals surface area (Å²) in [6.45, 7) is 1.88. The molecule has 2 aromatic rings. The number of rotatable bonds is 1. The second-order valence-corrected chi connectivity index (χ2v) is 5.24. The topological polar surface area (TPSA) is 34.8 Å². The van der Waals surface area contributed by atoms with E-state index in [-0.39, 0.29) is 5.82 Å². The number of nitrogens with zero attached hydrogens (tertiary/aromatic N) is 1. The Bertz CT molecular complexity index is 608.